The van der Waals surface area contributed by atoms with Gasteiger partial charge in [0.25, 0.3) is 0 Å². The van der Waals surface area contributed by atoms with E-state index in [0.29, 0.717) is 19.6 Å². The Kier molecular flexibility index (Phi) is 10.6. The second kappa shape index (κ2) is 11.7. The molecule has 1 aliphatic carbocycles. The van der Waals surface area contributed by atoms with Crippen LogP contribution in [-0.4, -0.2) is 42.1 Å². The summed E-state index contributed by atoms with van der Waals surface area (Å²) in [7, 11) is 0. The predicted octanol–water partition coefficient (Wildman–Crippen LogP) is 4.05. The zero-order valence-corrected chi connectivity index (χ0v) is 20.2. The van der Waals surface area contributed by atoms with Crippen LogP contribution in [0.5, 0.6) is 0 Å². The number of benzene rings is 1. The number of hydrogen-bond donors (Lipinski definition) is 2. The van der Waals surface area contributed by atoms with Crippen LogP contribution >= 0.6 is 24.8 Å². The number of carbonyl (C=O) groups is 1. The first-order valence-corrected chi connectivity index (χ1v) is 10.9. The first kappa shape index (κ1) is 27.2. The molecule has 1 saturated carbocycles. The molecule has 1 aromatic rings. The third-order valence-electron chi connectivity index (χ3n) is 6.78. The van der Waals surface area contributed by atoms with Gasteiger partial charge < -0.3 is 15.8 Å². The molecule has 1 amide bonds. The number of hydrogen-bond acceptors (Lipinski definition) is 4. The van der Waals surface area contributed by atoms with E-state index in [1.54, 1.807) is 0 Å². The van der Waals surface area contributed by atoms with Gasteiger partial charge in [0.15, 0.2) is 0 Å². The molecule has 2 atom stereocenters. The first-order valence-electron chi connectivity index (χ1n) is 10.9. The van der Waals surface area contributed by atoms with Gasteiger partial charge in [-0.25, -0.2) is 0 Å². The molecule has 172 valence electrons. The topological polar surface area (TPSA) is 67.6 Å². The number of amides is 1. The summed E-state index contributed by atoms with van der Waals surface area (Å²) in [6.45, 7) is 10.6. The number of nitrogens with zero attached hydrogens (tertiary/aromatic N) is 1. The summed E-state index contributed by atoms with van der Waals surface area (Å²) in [6, 6.07) is 8.56. The van der Waals surface area contributed by atoms with Crippen LogP contribution in [0.2, 0.25) is 0 Å². The van der Waals surface area contributed by atoms with E-state index in [4.69, 9.17) is 10.5 Å². The van der Waals surface area contributed by atoms with Gasteiger partial charge >= 0.3 is 0 Å². The molecule has 3 rings (SSSR count). The van der Waals surface area contributed by atoms with Crippen molar-refractivity contribution in [2.45, 2.75) is 77.6 Å². The molecule has 2 fully saturated rings. The van der Waals surface area contributed by atoms with Gasteiger partial charge in [0.1, 0.15) is 5.54 Å². The van der Waals surface area contributed by atoms with E-state index < -0.39 is 5.54 Å². The van der Waals surface area contributed by atoms with E-state index in [1.165, 1.54) is 44.3 Å². The molecule has 1 aromatic carbocycles. The van der Waals surface area contributed by atoms with Gasteiger partial charge in [-0.2, -0.15) is 0 Å². The smallest absolute Gasteiger partial charge is 0.241 e. The Balaban J connectivity index is 0.00000225. The number of nitrogens with two attached hydrogens (primary N) is 1. The molecule has 30 heavy (non-hydrogen) atoms. The number of halogens is 2. The minimum Gasteiger partial charge on any atom is -0.378 e. The average Bonchev–Trinajstić information content (AvgIpc) is 2.94. The summed E-state index contributed by atoms with van der Waals surface area (Å²) in [5.74, 6) is -0.0774. The fourth-order valence-corrected chi connectivity index (χ4v) is 4.55. The molecule has 0 radical (unpaired) electrons. The molecule has 1 saturated heterocycles. The molecular formula is C23H39Cl2N3O2. The van der Waals surface area contributed by atoms with Crippen LogP contribution in [0.25, 0.3) is 0 Å². The highest BCUT2D eigenvalue weighted by Crippen LogP contribution is 2.49. The predicted molar refractivity (Wildman–Crippen MR) is 127 cm³/mol. The largest absolute Gasteiger partial charge is 0.378 e. The fraction of sp³-hybridized carbons (Fsp3) is 0.696. The van der Waals surface area contributed by atoms with E-state index in [1.807, 2.05) is 20.8 Å². The van der Waals surface area contributed by atoms with Crippen molar-refractivity contribution in [3.63, 3.8) is 0 Å². The minimum absolute atomic E-state index is 0. The lowest BCUT2D eigenvalue weighted by molar-refractivity contribution is -0.170. The third-order valence-corrected chi connectivity index (χ3v) is 6.78. The van der Waals surface area contributed by atoms with Gasteiger partial charge in [0, 0.05) is 31.5 Å². The zero-order chi connectivity index (χ0) is 20.2. The van der Waals surface area contributed by atoms with Crippen LogP contribution in [0.1, 0.15) is 64.0 Å². The maximum absolute atomic E-state index is 12.8. The van der Waals surface area contributed by atoms with Crippen molar-refractivity contribution >= 4 is 30.7 Å². The zero-order valence-electron chi connectivity index (χ0n) is 18.6. The summed E-state index contributed by atoms with van der Waals surface area (Å²) in [6.07, 6.45) is 5.92. The maximum Gasteiger partial charge on any atom is 0.241 e. The number of ether oxygens (including phenoxy) is 1. The van der Waals surface area contributed by atoms with Gasteiger partial charge in [-0.15, -0.1) is 24.8 Å². The lowest BCUT2D eigenvalue weighted by Gasteiger charge is -2.57. The van der Waals surface area contributed by atoms with E-state index in [2.05, 4.69) is 34.5 Å². The quantitative estimate of drug-likeness (QED) is 0.644. The molecule has 0 spiro atoms. The fourth-order valence-electron chi connectivity index (χ4n) is 4.55. The molecule has 0 bridgehead atoms. The Morgan fingerprint density at radius 3 is 2.40 bits per heavy atom. The Hall–Kier alpha value is -0.850. The Morgan fingerprint density at radius 1 is 1.17 bits per heavy atom. The molecule has 1 heterocycles. The van der Waals surface area contributed by atoms with Crippen molar-refractivity contribution in [3.05, 3.63) is 35.4 Å². The van der Waals surface area contributed by atoms with Crippen LogP contribution < -0.4 is 11.1 Å². The lowest BCUT2D eigenvalue weighted by atomic mass is 9.54. The molecule has 0 aromatic heterocycles. The normalized spacial score (nSPS) is 25.8. The van der Waals surface area contributed by atoms with Crippen molar-refractivity contribution in [1.82, 2.24) is 10.2 Å². The van der Waals surface area contributed by atoms with Gasteiger partial charge in [0.05, 0.1) is 6.10 Å². The van der Waals surface area contributed by atoms with E-state index in [9.17, 15) is 4.79 Å². The summed E-state index contributed by atoms with van der Waals surface area (Å²) in [5, 5.41) is 3.07. The van der Waals surface area contributed by atoms with Gasteiger partial charge in [-0.3, -0.25) is 9.69 Å². The SMILES string of the molecule is CCOC1CC(N)(C(=O)NCc2cccc(CN3CCCCCC3)c2)C1(C)C.Cl.Cl. The summed E-state index contributed by atoms with van der Waals surface area (Å²) < 4.78 is 5.73. The summed E-state index contributed by atoms with van der Waals surface area (Å²) in [4.78, 5) is 15.4. The molecule has 1 aliphatic heterocycles. The molecular weight excluding hydrogens is 421 g/mol. The Bertz CT molecular complexity index is 678. The molecule has 2 unspecified atom stereocenters. The highest BCUT2D eigenvalue weighted by molar-refractivity contribution is 5.88. The van der Waals surface area contributed by atoms with Crippen molar-refractivity contribution in [2.24, 2.45) is 11.1 Å². The van der Waals surface area contributed by atoms with Crippen molar-refractivity contribution in [3.8, 4) is 0 Å². The lowest BCUT2D eigenvalue weighted by Crippen LogP contribution is -2.75. The van der Waals surface area contributed by atoms with Crippen LogP contribution in [0.4, 0.5) is 0 Å². The highest BCUT2D eigenvalue weighted by atomic mass is 35.5. The van der Waals surface area contributed by atoms with Gasteiger partial charge in [-0.1, -0.05) is 51.0 Å². The maximum atomic E-state index is 12.8. The summed E-state index contributed by atoms with van der Waals surface area (Å²) >= 11 is 0. The van der Waals surface area contributed by atoms with Crippen LogP contribution in [0, 0.1) is 5.41 Å². The third kappa shape index (κ3) is 5.89. The first-order chi connectivity index (χ1) is 13.4. The van der Waals surface area contributed by atoms with Crippen LogP contribution in [0.15, 0.2) is 24.3 Å². The molecule has 5 nitrogen and oxygen atoms in total. The monoisotopic (exact) mass is 459 g/mol. The van der Waals surface area contributed by atoms with Crippen LogP contribution in [-0.2, 0) is 22.6 Å². The van der Waals surface area contributed by atoms with E-state index in [0.717, 1.165) is 12.1 Å². The number of rotatable bonds is 7. The number of nitrogens with one attached hydrogen (secondary N) is 1. The summed E-state index contributed by atoms with van der Waals surface area (Å²) in [5.41, 5.74) is 7.70. The Morgan fingerprint density at radius 2 is 1.80 bits per heavy atom. The van der Waals surface area contributed by atoms with Gasteiger partial charge in [-0.05, 0) is 44.0 Å². The van der Waals surface area contributed by atoms with Crippen molar-refractivity contribution < 1.29 is 9.53 Å². The second-order valence-corrected chi connectivity index (χ2v) is 9.03. The van der Waals surface area contributed by atoms with Crippen LogP contribution in [0.3, 0.4) is 0 Å². The van der Waals surface area contributed by atoms with E-state index >= 15 is 0 Å². The number of likely N-dealkylation sites (tertiary alicyclic amines) is 1. The minimum atomic E-state index is -0.865. The Labute approximate surface area is 194 Å². The molecule has 3 N–H and O–H groups in total. The molecule has 7 heteroatoms. The highest BCUT2D eigenvalue weighted by Gasteiger charge is 2.62. The standard InChI is InChI=1S/C23H37N3O2.2ClH/c1-4-28-20-15-23(24,22(20,2)3)21(27)25-16-18-10-9-11-19(14-18)17-26-12-7-5-6-8-13-26;;/h9-11,14,20H,4-8,12-13,15-17,24H2,1-3H3,(H,25,27);2*1H. The van der Waals surface area contributed by atoms with E-state index in [-0.39, 0.29) is 42.2 Å². The van der Waals surface area contributed by atoms with Crippen molar-refractivity contribution in [2.75, 3.05) is 19.7 Å². The number of carbonyl (C=O) groups excluding carboxylic acids is 1. The average molecular weight is 460 g/mol. The van der Waals surface area contributed by atoms with Gasteiger partial charge in [0.2, 0.25) is 5.91 Å². The molecule has 2 aliphatic rings. The van der Waals surface area contributed by atoms with Crippen molar-refractivity contribution in [1.29, 1.82) is 0 Å². The second-order valence-electron chi connectivity index (χ2n) is 9.03.